The van der Waals surface area contributed by atoms with Crippen LogP contribution in [0.1, 0.15) is 12.2 Å². The number of aryl methyl sites for hydroxylation is 1. The van der Waals surface area contributed by atoms with Crippen LogP contribution in [0.2, 0.25) is 0 Å². The van der Waals surface area contributed by atoms with E-state index in [0.29, 0.717) is 34.6 Å². The Morgan fingerprint density at radius 2 is 2.00 bits per heavy atom. The number of fused-ring (bicyclic) bond motifs is 1. The second-order valence-electron chi connectivity index (χ2n) is 6.00. The molecule has 1 amide bonds. The van der Waals surface area contributed by atoms with Gasteiger partial charge in [0.2, 0.25) is 5.91 Å². The summed E-state index contributed by atoms with van der Waals surface area (Å²) in [5, 5.41) is 12.5. The molecule has 0 spiro atoms. The summed E-state index contributed by atoms with van der Waals surface area (Å²) in [5.41, 5.74) is 0.137. The first-order valence-corrected chi connectivity index (χ1v) is 9.86. The van der Waals surface area contributed by atoms with Gasteiger partial charge in [-0.2, -0.15) is 11.8 Å². The largest absolute Gasteiger partial charge is 0.493 e. The number of rotatable bonds is 9. The molecule has 1 heterocycles. The quantitative estimate of drug-likeness (QED) is 0.652. The topological polar surface area (TPSA) is 103 Å². The van der Waals surface area contributed by atoms with Gasteiger partial charge >= 0.3 is 0 Å². The lowest BCUT2D eigenvalue weighted by Gasteiger charge is -2.17. The lowest BCUT2D eigenvalue weighted by atomic mass is 10.2. The molecule has 0 aliphatic carbocycles. The van der Waals surface area contributed by atoms with Crippen molar-refractivity contribution in [2.45, 2.75) is 25.9 Å². The molecule has 2 rings (SSSR count). The third-order valence-corrected chi connectivity index (χ3v) is 4.85. The number of carbonyl (C=O) groups excluding carboxylic acids is 1. The minimum Gasteiger partial charge on any atom is -0.493 e. The third-order valence-electron chi connectivity index (χ3n) is 4.21. The number of benzene rings is 1. The third kappa shape index (κ3) is 4.92. The molecule has 27 heavy (non-hydrogen) atoms. The number of nitrogens with one attached hydrogen (secondary N) is 1. The number of thioether (sulfide) groups is 1. The SMILES string of the molecule is COc1cc2nc(C)n(CC(=O)N[C@H](CO)CCSC)c(=O)c2cc1OC. The minimum absolute atomic E-state index is 0.146. The summed E-state index contributed by atoms with van der Waals surface area (Å²) in [5.74, 6) is 1.79. The molecule has 1 aromatic carbocycles. The van der Waals surface area contributed by atoms with Gasteiger partial charge in [-0.15, -0.1) is 0 Å². The number of methoxy groups -OCH3 is 2. The van der Waals surface area contributed by atoms with Crippen LogP contribution in [0.25, 0.3) is 10.9 Å². The number of aliphatic hydroxyl groups is 1. The maximum absolute atomic E-state index is 12.9. The fourth-order valence-corrected chi connectivity index (χ4v) is 3.25. The molecule has 0 aliphatic heterocycles. The van der Waals surface area contributed by atoms with Crippen LogP contribution in [0.3, 0.4) is 0 Å². The predicted molar refractivity (Wildman–Crippen MR) is 106 cm³/mol. The van der Waals surface area contributed by atoms with Crippen molar-refractivity contribution < 1.29 is 19.4 Å². The second kappa shape index (κ2) is 9.61. The number of aliphatic hydroxyl groups excluding tert-OH is 1. The van der Waals surface area contributed by atoms with E-state index in [1.807, 2.05) is 6.26 Å². The van der Waals surface area contributed by atoms with Crippen molar-refractivity contribution in [1.82, 2.24) is 14.9 Å². The molecule has 1 atom stereocenters. The molecule has 0 radical (unpaired) electrons. The molecule has 0 bridgehead atoms. The average Bonchev–Trinajstić information content (AvgIpc) is 2.67. The molecular weight excluding hydrogens is 370 g/mol. The Balaban J connectivity index is 2.33. The van der Waals surface area contributed by atoms with Gasteiger partial charge in [-0.3, -0.25) is 14.2 Å². The van der Waals surface area contributed by atoms with Gasteiger partial charge in [-0.1, -0.05) is 0 Å². The first-order chi connectivity index (χ1) is 12.9. The zero-order chi connectivity index (χ0) is 20.0. The fourth-order valence-electron chi connectivity index (χ4n) is 2.73. The van der Waals surface area contributed by atoms with E-state index < -0.39 is 0 Å². The van der Waals surface area contributed by atoms with E-state index >= 15 is 0 Å². The first-order valence-electron chi connectivity index (χ1n) is 8.47. The Kier molecular flexibility index (Phi) is 7.49. The van der Waals surface area contributed by atoms with E-state index in [1.54, 1.807) is 30.8 Å². The Bertz CT molecular complexity index is 868. The highest BCUT2D eigenvalue weighted by Crippen LogP contribution is 2.30. The molecule has 1 aromatic heterocycles. The van der Waals surface area contributed by atoms with Crippen molar-refractivity contribution in [3.8, 4) is 11.5 Å². The summed E-state index contributed by atoms with van der Waals surface area (Å²) in [6, 6.07) is 2.86. The molecule has 2 aromatic rings. The van der Waals surface area contributed by atoms with Gasteiger partial charge in [0.25, 0.3) is 5.56 Å². The zero-order valence-electron chi connectivity index (χ0n) is 15.9. The van der Waals surface area contributed by atoms with Gasteiger partial charge in [-0.25, -0.2) is 4.98 Å². The highest BCUT2D eigenvalue weighted by molar-refractivity contribution is 7.98. The predicted octanol–water partition coefficient (Wildman–Crippen LogP) is 0.952. The molecule has 8 nitrogen and oxygen atoms in total. The van der Waals surface area contributed by atoms with Gasteiger partial charge in [0.05, 0.1) is 37.8 Å². The van der Waals surface area contributed by atoms with Crippen molar-refractivity contribution >= 4 is 28.6 Å². The van der Waals surface area contributed by atoms with Crippen LogP contribution in [-0.4, -0.2) is 59.4 Å². The van der Waals surface area contributed by atoms with E-state index in [1.165, 1.54) is 18.8 Å². The van der Waals surface area contributed by atoms with Crippen molar-refractivity contribution in [2.75, 3.05) is 32.8 Å². The van der Waals surface area contributed by atoms with E-state index in [4.69, 9.17) is 9.47 Å². The number of hydrogen-bond donors (Lipinski definition) is 2. The maximum Gasteiger partial charge on any atom is 0.262 e. The van der Waals surface area contributed by atoms with Crippen molar-refractivity contribution in [1.29, 1.82) is 0 Å². The van der Waals surface area contributed by atoms with Crippen LogP contribution in [0, 0.1) is 6.92 Å². The summed E-state index contributed by atoms with van der Waals surface area (Å²) in [6.45, 7) is 1.35. The lowest BCUT2D eigenvalue weighted by molar-refractivity contribution is -0.122. The van der Waals surface area contributed by atoms with Crippen LogP contribution in [0.5, 0.6) is 11.5 Å². The molecule has 0 aliphatic rings. The minimum atomic E-state index is -0.345. The Morgan fingerprint density at radius 1 is 1.33 bits per heavy atom. The van der Waals surface area contributed by atoms with Gasteiger partial charge in [0.15, 0.2) is 11.5 Å². The number of carbonyl (C=O) groups is 1. The summed E-state index contributed by atoms with van der Waals surface area (Å²) in [4.78, 5) is 29.6. The number of aromatic nitrogens is 2. The smallest absolute Gasteiger partial charge is 0.262 e. The summed E-state index contributed by atoms with van der Waals surface area (Å²) >= 11 is 1.64. The van der Waals surface area contributed by atoms with Gasteiger partial charge in [0.1, 0.15) is 12.4 Å². The van der Waals surface area contributed by atoms with Gasteiger partial charge in [0, 0.05) is 6.07 Å². The van der Waals surface area contributed by atoms with E-state index in [-0.39, 0.29) is 30.7 Å². The van der Waals surface area contributed by atoms with Crippen molar-refractivity contribution in [3.63, 3.8) is 0 Å². The van der Waals surface area contributed by atoms with Gasteiger partial charge in [-0.05, 0) is 31.4 Å². The van der Waals surface area contributed by atoms with Crippen LogP contribution < -0.4 is 20.3 Å². The lowest BCUT2D eigenvalue weighted by Crippen LogP contribution is -2.41. The molecular formula is C18H25N3O5S. The molecule has 9 heteroatoms. The van der Waals surface area contributed by atoms with Crippen LogP contribution >= 0.6 is 11.8 Å². The number of ether oxygens (including phenoxy) is 2. The number of amides is 1. The summed E-state index contributed by atoms with van der Waals surface area (Å²) in [6.07, 6.45) is 2.62. The number of hydrogen-bond acceptors (Lipinski definition) is 7. The van der Waals surface area contributed by atoms with Crippen molar-refractivity contribution in [3.05, 3.63) is 28.3 Å². The maximum atomic E-state index is 12.9. The number of nitrogens with zero attached hydrogens (tertiary/aromatic N) is 2. The van der Waals surface area contributed by atoms with Crippen LogP contribution in [0.4, 0.5) is 0 Å². The molecule has 0 saturated heterocycles. The normalized spacial score (nSPS) is 12.0. The fraction of sp³-hybridized carbons (Fsp3) is 0.500. The molecule has 0 unspecified atom stereocenters. The molecule has 2 N–H and O–H groups in total. The molecule has 0 fully saturated rings. The Hall–Kier alpha value is -2.26. The Morgan fingerprint density at radius 3 is 2.59 bits per heavy atom. The second-order valence-corrected chi connectivity index (χ2v) is 6.99. The Labute approximate surface area is 161 Å². The van der Waals surface area contributed by atoms with Gasteiger partial charge < -0.3 is 19.9 Å². The van der Waals surface area contributed by atoms with Crippen LogP contribution in [-0.2, 0) is 11.3 Å². The molecule has 148 valence electrons. The standard InChI is InChI=1S/C18H25N3O5S/c1-11-19-14-8-16(26-3)15(25-2)7-13(14)18(24)21(11)9-17(23)20-12(10-22)5-6-27-4/h7-8,12,22H,5-6,9-10H2,1-4H3,(H,20,23)/t12-/m0/s1. The average molecular weight is 395 g/mol. The highest BCUT2D eigenvalue weighted by atomic mass is 32.2. The first kappa shape index (κ1) is 21.0. The zero-order valence-corrected chi connectivity index (χ0v) is 16.8. The summed E-state index contributed by atoms with van der Waals surface area (Å²) in [7, 11) is 3.00. The monoisotopic (exact) mass is 395 g/mol. The van der Waals surface area contributed by atoms with E-state index in [0.717, 1.165) is 5.75 Å². The van der Waals surface area contributed by atoms with Crippen LogP contribution in [0.15, 0.2) is 16.9 Å². The molecule has 0 saturated carbocycles. The van der Waals surface area contributed by atoms with Crippen molar-refractivity contribution in [2.24, 2.45) is 0 Å². The highest BCUT2D eigenvalue weighted by Gasteiger charge is 2.17. The van der Waals surface area contributed by atoms with E-state index in [9.17, 15) is 14.7 Å². The van der Waals surface area contributed by atoms with E-state index in [2.05, 4.69) is 10.3 Å². The summed E-state index contributed by atoms with van der Waals surface area (Å²) < 4.78 is 11.8.